The standard InChI is InChI=1S/C18H26N4O3S3.HI/c1-3-14-4-5-15(26-14)12-20-18(19-2)21-13-16-6-7-17(27-16)28(23,24)22-8-10-25-11-9-22;/h4-7H,3,8-13H2,1-2H3,(H2,19,20,21);1H. The van der Waals surface area contributed by atoms with Crippen LogP contribution in [0, 0.1) is 0 Å². The molecule has 0 bridgehead atoms. The largest absolute Gasteiger partial charge is 0.379 e. The van der Waals surface area contributed by atoms with E-state index in [4.69, 9.17) is 4.74 Å². The zero-order valence-electron chi connectivity index (χ0n) is 16.5. The number of aliphatic imine (C=N–C) groups is 1. The van der Waals surface area contributed by atoms with E-state index in [1.165, 1.54) is 25.4 Å². The summed E-state index contributed by atoms with van der Waals surface area (Å²) in [5, 5.41) is 6.54. The highest BCUT2D eigenvalue weighted by atomic mass is 127. The maximum absolute atomic E-state index is 12.7. The fourth-order valence-corrected chi connectivity index (χ4v) is 6.53. The van der Waals surface area contributed by atoms with Crippen molar-refractivity contribution in [1.29, 1.82) is 0 Å². The highest BCUT2D eigenvalue weighted by Crippen LogP contribution is 2.25. The molecule has 7 nitrogen and oxygen atoms in total. The van der Waals surface area contributed by atoms with Crippen molar-refractivity contribution in [3.8, 4) is 0 Å². The van der Waals surface area contributed by atoms with Gasteiger partial charge in [-0.15, -0.1) is 46.7 Å². The third-order valence-corrected chi connectivity index (χ3v) is 9.03. The third kappa shape index (κ3) is 6.62. The average molecular weight is 571 g/mol. The summed E-state index contributed by atoms with van der Waals surface area (Å²) in [5.41, 5.74) is 0. The van der Waals surface area contributed by atoms with E-state index in [2.05, 4.69) is 34.7 Å². The molecule has 0 spiro atoms. The van der Waals surface area contributed by atoms with Crippen molar-refractivity contribution < 1.29 is 13.2 Å². The first-order chi connectivity index (χ1) is 13.5. The molecule has 2 N–H and O–H groups in total. The van der Waals surface area contributed by atoms with E-state index >= 15 is 0 Å². The van der Waals surface area contributed by atoms with Crippen molar-refractivity contribution in [3.05, 3.63) is 38.9 Å². The predicted molar refractivity (Wildman–Crippen MR) is 130 cm³/mol. The first-order valence-corrected chi connectivity index (χ1v) is 12.3. The summed E-state index contributed by atoms with van der Waals surface area (Å²) in [7, 11) is -1.71. The minimum absolute atomic E-state index is 0. The number of hydrogen-bond acceptors (Lipinski definition) is 6. The van der Waals surface area contributed by atoms with Crippen LogP contribution in [0.1, 0.15) is 21.6 Å². The highest BCUT2D eigenvalue weighted by Gasteiger charge is 2.27. The van der Waals surface area contributed by atoms with E-state index in [9.17, 15) is 8.42 Å². The molecule has 2 aromatic heterocycles. The molecule has 0 amide bonds. The predicted octanol–water partition coefficient (Wildman–Crippen LogP) is 2.88. The molecule has 29 heavy (non-hydrogen) atoms. The number of halogens is 1. The van der Waals surface area contributed by atoms with Crippen LogP contribution >= 0.6 is 46.7 Å². The van der Waals surface area contributed by atoms with Gasteiger partial charge in [-0.3, -0.25) is 4.99 Å². The zero-order valence-corrected chi connectivity index (χ0v) is 21.3. The van der Waals surface area contributed by atoms with Gasteiger partial charge in [0.15, 0.2) is 5.96 Å². The van der Waals surface area contributed by atoms with Crippen LogP contribution in [0.5, 0.6) is 0 Å². The second-order valence-corrected chi connectivity index (χ2v) is 10.8. The quantitative estimate of drug-likeness (QED) is 0.304. The number of nitrogens with zero attached hydrogens (tertiary/aromatic N) is 2. The summed E-state index contributed by atoms with van der Waals surface area (Å²) in [4.78, 5) is 7.81. The monoisotopic (exact) mass is 570 g/mol. The summed E-state index contributed by atoms with van der Waals surface area (Å²) in [5.74, 6) is 0.692. The fraction of sp³-hybridized carbons (Fsp3) is 0.500. The van der Waals surface area contributed by atoms with E-state index in [0.717, 1.165) is 11.3 Å². The molecule has 3 rings (SSSR count). The number of hydrogen-bond donors (Lipinski definition) is 2. The van der Waals surface area contributed by atoms with Gasteiger partial charge in [-0.05, 0) is 30.7 Å². The number of thiophene rings is 2. The van der Waals surface area contributed by atoms with Crippen LogP contribution in [0.4, 0.5) is 0 Å². The molecular weight excluding hydrogens is 543 g/mol. The van der Waals surface area contributed by atoms with E-state index in [-0.39, 0.29) is 24.0 Å². The van der Waals surface area contributed by atoms with Gasteiger partial charge >= 0.3 is 0 Å². The van der Waals surface area contributed by atoms with Gasteiger partial charge in [-0.1, -0.05) is 6.92 Å². The molecule has 11 heteroatoms. The maximum Gasteiger partial charge on any atom is 0.252 e. The van der Waals surface area contributed by atoms with Crippen molar-refractivity contribution in [3.63, 3.8) is 0 Å². The van der Waals surface area contributed by atoms with Gasteiger partial charge in [0.05, 0.1) is 26.3 Å². The van der Waals surface area contributed by atoms with Crippen molar-refractivity contribution in [2.24, 2.45) is 4.99 Å². The number of rotatable bonds is 7. The molecule has 0 radical (unpaired) electrons. The van der Waals surface area contributed by atoms with Gasteiger partial charge < -0.3 is 15.4 Å². The second kappa shape index (κ2) is 11.6. The smallest absolute Gasteiger partial charge is 0.252 e. The van der Waals surface area contributed by atoms with Crippen molar-refractivity contribution in [2.75, 3.05) is 33.4 Å². The number of guanidine groups is 1. The first kappa shape index (κ1) is 24.5. The topological polar surface area (TPSA) is 83.0 Å². The van der Waals surface area contributed by atoms with Gasteiger partial charge in [0.2, 0.25) is 0 Å². The van der Waals surface area contributed by atoms with Crippen molar-refractivity contribution in [1.82, 2.24) is 14.9 Å². The SMILES string of the molecule is CCc1ccc(CNC(=NC)NCc2ccc(S(=O)(=O)N3CCOCC3)s2)s1.I. The molecule has 1 fully saturated rings. The van der Waals surface area contributed by atoms with Crippen LogP contribution < -0.4 is 10.6 Å². The van der Waals surface area contributed by atoms with Crippen LogP contribution in [0.25, 0.3) is 0 Å². The minimum atomic E-state index is -3.43. The number of morpholine rings is 1. The number of nitrogens with one attached hydrogen (secondary N) is 2. The molecule has 0 unspecified atom stereocenters. The maximum atomic E-state index is 12.7. The summed E-state index contributed by atoms with van der Waals surface area (Å²) >= 11 is 3.09. The Balaban J connectivity index is 0.00000300. The minimum Gasteiger partial charge on any atom is -0.379 e. The fourth-order valence-electron chi connectivity index (χ4n) is 2.78. The number of ether oxygens (including phenoxy) is 1. The van der Waals surface area contributed by atoms with E-state index < -0.39 is 10.0 Å². The Bertz CT molecular complexity index is 905. The molecule has 3 heterocycles. The lowest BCUT2D eigenvalue weighted by Gasteiger charge is -2.25. The van der Waals surface area contributed by atoms with Crippen LogP contribution in [-0.2, 0) is 34.3 Å². The summed E-state index contributed by atoms with van der Waals surface area (Å²) in [6, 6.07) is 7.82. The van der Waals surface area contributed by atoms with Crippen LogP contribution in [-0.4, -0.2) is 52.0 Å². The summed E-state index contributed by atoms with van der Waals surface area (Å²) < 4.78 is 32.5. The van der Waals surface area contributed by atoms with Crippen LogP contribution in [0.3, 0.4) is 0 Å². The third-order valence-electron chi connectivity index (χ3n) is 4.35. The number of sulfonamides is 1. The molecule has 0 atom stereocenters. The normalized spacial score (nSPS) is 15.7. The molecule has 1 aliphatic heterocycles. The molecule has 0 saturated carbocycles. The molecule has 0 aromatic carbocycles. The zero-order chi connectivity index (χ0) is 20.0. The van der Waals surface area contributed by atoms with Crippen molar-refractivity contribution in [2.45, 2.75) is 30.6 Å². The van der Waals surface area contributed by atoms with Gasteiger partial charge in [0.1, 0.15) is 4.21 Å². The van der Waals surface area contributed by atoms with E-state index in [0.29, 0.717) is 49.6 Å². The molecule has 0 aliphatic carbocycles. The molecule has 1 saturated heterocycles. The summed E-state index contributed by atoms with van der Waals surface area (Å²) in [6.07, 6.45) is 1.05. The highest BCUT2D eigenvalue weighted by molar-refractivity contribution is 14.0. The second-order valence-electron chi connectivity index (χ2n) is 6.24. The van der Waals surface area contributed by atoms with Gasteiger partial charge in [-0.2, -0.15) is 4.31 Å². The number of aryl methyl sites for hydroxylation is 1. The van der Waals surface area contributed by atoms with Crippen LogP contribution in [0.2, 0.25) is 0 Å². The lowest BCUT2D eigenvalue weighted by molar-refractivity contribution is 0.0731. The Labute approximate surface area is 197 Å². The Morgan fingerprint density at radius 3 is 2.24 bits per heavy atom. The molecular formula is C18H27IN4O3S3. The Kier molecular flexibility index (Phi) is 9.82. The van der Waals surface area contributed by atoms with Gasteiger partial charge in [0.25, 0.3) is 10.0 Å². The average Bonchev–Trinajstić information content (AvgIpc) is 3.38. The van der Waals surface area contributed by atoms with Gasteiger partial charge in [-0.25, -0.2) is 8.42 Å². The van der Waals surface area contributed by atoms with E-state index in [1.807, 2.05) is 6.07 Å². The lowest BCUT2D eigenvalue weighted by atomic mass is 10.3. The molecule has 162 valence electrons. The Morgan fingerprint density at radius 2 is 1.66 bits per heavy atom. The first-order valence-electron chi connectivity index (χ1n) is 9.21. The van der Waals surface area contributed by atoms with E-state index in [1.54, 1.807) is 24.5 Å². The Hall–Kier alpha value is -0.730. The summed E-state index contributed by atoms with van der Waals surface area (Å²) in [6.45, 7) is 5.10. The molecule has 1 aliphatic rings. The van der Waals surface area contributed by atoms with Crippen LogP contribution in [0.15, 0.2) is 33.5 Å². The lowest BCUT2D eigenvalue weighted by Crippen LogP contribution is -2.40. The molecule has 2 aromatic rings. The Morgan fingerprint density at radius 1 is 1.07 bits per heavy atom. The van der Waals surface area contributed by atoms with Gasteiger partial charge in [0, 0.05) is 34.8 Å². The van der Waals surface area contributed by atoms with Crippen molar-refractivity contribution >= 4 is 62.6 Å².